The SMILES string of the molecule is CCC(Sc1ccc(OC)cc1)C(=O)NN. The Morgan fingerprint density at radius 2 is 2.12 bits per heavy atom. The van der Waals surface area contributed by atoms with Crippen molar-refractivity contribution in [2.24, 2.45) is 5.84 Å². The molecule has 1 atom stereocenters. The van der Waals surface area contributed by atoms with Gasteiger partial charge in [0.1, 0.15) is 5.75 Å². The van der Waals surface area contributed by atoms with Gasteiger partial charge in [0.15, 0.2) is 0 Å². The smallest absolute Gasteiger partial charge is 0.247 e. The molecular formula is C11H16N2O2S. The zero-order valence-corrected chi connectivity index (χ0v) is 10.2. The second-order valence-electron chi connectivity index (χ2n) is 3.20. The molecule has 0 aliphatic carbocycles. The van der Waals surface area contributed by atoms with Crippen molar-refractivity contribution in [3.8, 4) is 5.75 Å². The Bertz CT molecular complexity index is 340. The molecule has 0 aliphatic heterocycles. The van der Waals surface area contributed by atoms with Gasteiger partial charge in [-0.25, -0.2) is 5.84 Å². The summed E-state index contributed by atoms with van der Waals surface area (Å²) in [4.78, 5) is 12.4. The summed E-state index contributed by atoms with van der Waals surface area (Å²) in [5, 5.41) is -0.154. The van der Waals surface area contributed by atoms with E-state index in [1.54, 1.807) is 7.11 Å². The Hall–Kier alpha value is -1.20. The lowest BCUT2D eigenvalue weighted by molar-refractivity contribution is -0.120. The van der Waals surface area contributed by atoms with Crippen LogP contribution >= 0.6 is 11.8 Å². The Balaban J connectivity index is 2.66. The number of amides is 1. The van der Waals surface area contributed by atoms with Gasteiger partial charge in [-0.15, -0.1) is 11.8 Å². The fourth-order valence-electron chi connectivity index (χ4n) is 1.23. The summed E-state index contributed by atoms with van der Waals surface area (Å²) in [7, 11) is 1.62. The van der Waals surface area contributed by atoms with Crippen molar-refractivity contribution in [2.75, 3.05) is 7.11 Å². The zero-order chi connectivity index (χ0) is 12.0. The van der Waals surface area contributed by atoms with Crippen LogP contribution in [0.15, 0.2) is 29.2 Å². The molecule has 1 unspecified atom stereocenters. The van der Waals surface area contributed by atoms with Gasteiger partial charge < -0.3 is 4.74 Å². The standard InChI is InChI=1S/C11H16N2O2S/c1-3-10(11(14)13-12)16-9-6-4-8(15-2)5-7-9/h4-7,10H,3,12H2,1-2H3,(H,13,14). The quantitative estimate of drug-likeness (QED) is 0.355. The predicted octanol–water partition coefficient (Wildman–Crippen LogP) is 1.56. The summed E-state index contributed by atoms with van der Waals surface area (Å²) in [6.07, 6.45) is 0.736. The second kappa shape index (κ2) is 6.40. The van der Waals surface area contributed by atoms with Crippen LogP contribution in [-0.4, -0.2) is 18.3 Å². The van der Waals surface area contributed by atoms with E-state index >= 15 is 0 Å². The minimum absolute atomic E-state index is 0.150. The summed E-state index contributed by atoms with van der Waals surface area (Å²) < 4.78 is 5.06. The minimum Gasteiger partial charge on any atom is -0.497 e. The van der Waals surface area contributed by atoms with E-state index < -0.39 is 0 Å². The molecule has 0 radical (unpaired) electrons. The number of ether oxygens (including phenoxy) is 1. The number of hydrogen-bond donors (Lipinski definition) is 2. The van der Waals surface area contributed by atoms with Crippen molar-refractivity contribution in [1.29, 1.82) is 0 Å². The van der Waals surface area contributed by atoms with E-state index in [0.29, 0.717) is 0 Å². The van der Waals surface area contributed by atoms with Crippen LogP contribution < -0.4 is 16.0 Å². The second-order valence-corrected chi connectivity index (χ2v) is 4.48. The zero-order valence-electron chi connectivity index (χ0n) is 9.40. The number of rotatable bonds is 5. The molecule has 1 aromatic rings. The lowest BCUT2D eigenvalue weighted by atomic mass is 10.3. The largest absolute Gasteiger partial charge is 0.497 e. The topological polar surface area (TPSA) is 64.3 Å². The van der Waals surface area contributed by atoms with Gasteiger partial charge in [0.2, 0.25) is 5.91 Å². The molecule has 1 rings (SSSR count). The first-order valence-electron chi connectivity index (χ1n) is 5.02. The Kier molecular flexibility index (Phi) is 5.14. The molecule has 88 valence electrons. The average Bonchev–Trinajstić information content (AvgIpc) is 2.35. The third-order valence-corrected chi connectivity index (χ3v) is 3.52. The number of hydrazine groups is 1. The Labute approximate surface area is 99.5 Å². The minimum atomic E-state index is -0.154. The molecule has 0 aromatic heterocycles. The first kappa shape index (κ1) is 12.9. The van der Waals surface area contributed by atoms with Gasteiger partial charge in [0, 0.05) is 4.90 Å². The van der Waals surface area contributed by atoms with Crippen LogP contribution in [0.2, 0.25) is 0 Å². The predicted molar refractivity (Wildman–Crippen MR) is 65.3 cm³/mol. The fourth-order valence-corrected chi connectivity index (χ4v) is 2.20. The van der Waals surface area contributed by atoms with Crippen LogP contribution in [0.4, 0.5) is 0 Å². The lowest BCUT2D eigenvalue weighted by Gasteiger charge is -2.12. The van der Waals surface area contributed by atoms with E-state index in [1.807, 2.05) is 31.2 Å². The van der Waals surface area contributed by atoms with Crippen LogP contribution in [0.1, 0.15) is 13.3 Å². The molecule has 3 N–H and O–H groups in total. The van der Waals surface area contributed by atoms with E-state index in [-0.39, 0.29) is 11.2 Å². The summed E-state index contributed by atoms with van der Waals surface area (Å²) in [6, 6.07) is 7.59. The van der Waals surface area contributed by atoms with Crippen LogP contribution in [0.25, 0.3) is 0 Å². The molecule has 0 fully saturated rings. The van der Waals surface area contributed by atoms with Crippen LogP contribution in [0, 0.1) is 0 Å². The molecule has 5 heteroatoms. The van der Waals surface area contributed by atoms with Gasteiger partial charge in [0.05, 0.1) is 12.4 Å². The van der Waals surface area contributed by atoms with E-state index in [1.165, 1.54) is 11.8 Å². The van der Waals surface area contributed by atoms with Crippen LogP contribution in [0.5, 0.6) is 5.75 Å². The van der Waals surface area contributed by atoms with Crippen molar-refractivity contribution >= 4 is 17.7 Å². The summed E-state index contributed by atoms with van der Waals surface area (Å²) >= 11 is 1.49. The van der Waals surface area contributed by atoms with Gasteiger partial charge in [-0.05, 0) is 30.7 Å². The summed E-state index contributed by atoms with van der Waals surface area (Å²) in [5.41, 5.74) is 2.17. The van der Waals surface area contributed by atoms with Gasteiger partial charge in [-0.2, -0.15) is 0 Å². The highest BCUT2D eigenvalue weighted by Gasteiger charge is 2.16. The van der Waals surface area contributed by atoms with Gasteiger partial charge in [-0.1, -0.05) is 6.92 Å². The van der Waals surface area contributed by atoms with E-state index in [4.69, 9.17) is 10.6 Å². The molecule has 1 amide bonds. The summed E-state index contributed by atoms with van der Waals surface area (Å²) in [6.45, 7) is 1.95. The maximum atomic E-state index is 11.4. The van der Waals surface area contributed by atoms with Gasteiger partial charge in [0.25, 0.3) is 0 Å². The highest BCUT2D eigenvalue weighted by molar-refractivity contribution is 8.00. The van der Waals surface area contributed by atoms with E-state index in [2.05, 4.69) is 5.43 Å². The number of thioether (sulfide) groups is 1. The highest BCUT2D eigenvalue weighted by Crippen LogP contribution is 2.27. The molecule has 0 saturated heterocycles. The molecule has 0 spiro atoms. The van der Waals surface area contributed by atoms with E-state index in [9.17, 15) is 4.79 Å². The number of methoxy groups -OCH3 is 1. The number of nitrogens with one attached hydrogen (secondary N) is 1. The molecule has 0 bridgehead atoms. The molecule has 0 aliphatic rings. The maximum absolute atomic E-state index is 11.4. The third-order valence-electron chi connectivity index (χ3n) is 2.14. The number of nitrogens with two attached hydrogens (primary N) is 1. The summed E-state index contributed by atoms with van der Waals surface area (Å²) in [5.74, 6) is 5.77. The maximum Gasteiger partial charge on any atom is 0.247 e. The van der Waals surface area contributed by atoms with Crippen molar-refractivity contribution in [2.45, 2.75) is 23.5 Å². The van der Waals surface area contributed by atoms with Crippen molar-refractivity contribution < 1.29 is 9.53 Å². The number of hydrogen-bond acceptors (Lipinski definition) is 4. The first-order valence-corrected chi connectivity index (χ1v) is 5.90. The van der Waals surface area contributed by atoms with Crippen molar-refractivity contribution in [3.05, 3.63) is 24.3 Å². The average molecular weight is 240 g/mol. The molecule has 1 aromatic carbocycles. The molecule has 4 nitrogen and oxygen atoms in total. The van der Waals surface area contributed by atoms with Gasteiger partial charge in [-0.3, -0.25) is 10.2 Å². The first-order chi connectivity index (χ1) is 7.71. The van der Waals surface area contributed by atoms with Crippen molar-refractivity contribution in [1.82, 2.24) is 5.43 Å². The number of carbonyl (C=O) groups excluding carboxylic acids is 1. The third kappa shape index (κ3) is 3.43. The number of benzene rings is 1. The molecule has 16 heavy (non-hydrogen) atoms. The fraction of sp³-hybridized carbons (Fsp3) is 0.364. The van der Waals surface area contributed by atoms with Gasteiger partial charge >= 0.3 is 0 Å². The number of carbonyl (C=O) groups is 1. The molecule has 0 saturated carbocycles. The monoisotopic (exact) mass is 240 g/mol. The molecular weight excluding hydrogens is 224 g/mol. The highest BCUT2D eigenvalue weighted by atomic mass is 32.2. The van der Waals surface area contributed by atoms with Crippen LogP contribution in [-0.2, 0) is 4.79 Å². The van der Waals surface area contributed by atoms with Crippen molar-refractivity contribution in [3.63, 3.8) is 0 Å². The molecule has 0 heterocycles. The lowest BCUT2D eigenvalue weighted by Crippen LogP contribution is -2.37. The van der Waals surface area contributed by atoms with E-state index in [0.717, 1.165) is 17.1 Å². The van der Waals surface area contributed by atoms with Crippen LogP contribution in [0.3, 0.4) is 0 Å². The normalized spacial score (nSPS) is 11.9. The Morgan fingerprint density at radius 1 is 1.50 bits per heavy atom. The Morgan fingerprint density at radius 3 is 2.56 bits per heavy atom.